The minimum atomic E-state index is -0.938. The summed E-state index contributed by atoms with van der Waals surface area (Å²) in [7, 11) is 0. The van der Waals surface area contributed by atoms with Gasteiger partial charge >= 0.3 is 5.97 Å². The molecule has 6 heteroatoms. The topological polar surface area (TPSA) is 75.1 Å². The second-order valence-electron chi connectivity index (χ2n) is 3.76. The number of carboxylic acid groups (broad SMARTS) is 1. The Morgan fingerprint density at radius 1 is 1.37 bits per heavy atom. The van der Waals surface area contributed by atoms with E-state index in [1.807, 2.05) is 18.4 Å². The molecule has 0 aliphatic heterocycles. The van der Waals surface area contributed by atoms with Crippen LogP contribution in [0.5, 0.6) is 0 Å². The van der Waals surface area contributed by atoms with Crippen molar-refractivity contribution in [3.8, 4) is 0 Å². The normalized spacial score (nSPS) is 10.2. The van der Waals surface area contributed by atoms with Crippen molar-refractivity contribution in [2.45, 2.75) is 11.4 Å². The molecule has 19 heavy (non-hydrogen) atoms. The molecule has 2 aromatic rings. The summed E-state index contributed by atoms with van der Waals surface area (Å²) in [4.78, 5) is 12.1. The molecule has 5 nitrogen and oxygen atoms in total. The van der Waals surface area contributed by atoms with Gasteiger partial charge in [0, 0.05) is 11.1 Å². The summed E-state index contributed by atoms with van der Waals surface area (Å²) in [5.74, 6) is -0.938. The van der Waals surface area contributed by atoms with Crippen molar-refractivity contribution in [3.05, 3.63) is 47.8 Å². The van der Waals surface area contributed by atoms with Crippen LogP contribution in [0.25, 0.3) is 0 Å². The Morgan fingerprint density at radius 2 is 2.21 bits per heavy atom. The molecule has 0 atom stereocenters. The van der Waals surface area contributed by atoms with Gasteiger partial charge in [0.25, 0.3) is 0 Å². The van der Waals surface area contributed by atoms with Gasteiger partial charge < -0.3 is 10.4 Å². The third-order valence-electron chi connectivity index (χ3n) is 2.55. The molecule has 0 amide bonds. The highest BCUT2D eigenvalue weighted by molar-refractivity contribution is 7.98. The van der Waals surface area contributed by atoms with E-state index in [2.05, 4.69) is 15.5 Å². The lowest BCUT2D eigenvalue weighted by molar-refractivity contribution is 0.0694. The molecule has 0 saturated heterocycles. The number of hydrogen-bond acceptors (Lipinski definition) is 5. The molecule has 0 saturated carbocycles. The van der Waals surface area contributed by atoms with E-state index < -0.39 is 5.97 Å². The number of rotatable bonds is 5. The minimum absolute atomic E-state index is 0.291. The van der Waals surface area contributed by atoms with Gasteiger partial charge in [-0.1, -0.05) is 6.07 Å². The summed E-state index contributed by atoms with van der Waals surface area (Å²) >= 11 is 1.41. The van der Waals surface area contributed by atoms with E-state index in [9.17, 15) is 9.90 Å². The molecule has 2 rings (SSSR count). The summed E-state index contributed by atoms with van der Waals surface area (Å²) in [6, 6.07) is 9.00. The first kappa shape index (κ1) is 13.4. The van der Waals surface area contributed by atoms with E-state index in [1.54, 1.807) is 24.4 Å². The maximum Gasteiger partial charge on any atom is 0.338 e. The Hall–Kier alpha value is -2.08. The average molecular weight is 275 g/mol. The number of carboxylic acids is 1. The minimum Gasteiger partial charge on any atom is -0.478 e. The first-order valence-electron chi connectivity index (χ1n) is 5.63. The number of hydrogen-bond donors (Lipinski definition) is 2. The first-order chi connectivity index (χ1) is 9.22. The number of aromatic carboxylic acids is 1. The molecule has 0 aliphatic carbocycles. The number of carbonyl (C=O) groups is 1. The average Bonchev–Trinajstić information content (AvgIpc) is 2.45. The number of aromatic nitrogens is 2. The molecule has 0 aliphatic rings. The molecular weight excluding hydrogens is 262 g/mol. The van der Waals surface area contributed by atoms with Gasteiger partial charge in [-0.3, -0.25) is 0 Å². The molecule has 1 aromatic carbocycles. The maximum absolute atomic E-state index is 11.3. The number of nitrogens with zero attached hydrogens (tertiary/aromatic N) is 2. The second kappa shape index (κ2) is 6.19. The van der Waals surface area contributed by atoms with E-state index in [4.69, 9.17) is 0 Å². The number of nitrogens with one attached hydrogen (secondary N) is 1. The predicted molar refractivity (Wildman–Crippen MR) is 74.5 cm³/mol. The lowest BCUT2D eigenvalue weighted by atomic mass is 10.1. The van der Waals surface area contributed by atoms with Crippen LogP contribution in [0.4, 0.5) is 5.69 Å². The second-order valence-corrected chi connectivity index (χ2v) is 4.60. The summed E-state index contributed by atoms with van der Waals surface area (Å²) in [5, 5.41) is 20.1. The van der Waals surface area contributed by atoms with Crippen LogP contribution in [0.1, 0.15) is 16.1 Å². The summed E-state index contributed by atoms with van der Waals surface area (Å²) in [6.45, 7) is 0.436. The van der Waals surface area contributed by atoms with Gasteiger partial charge in [-0.25, -0.2) is 4.79 Å². The highest BCUT2D eigenvalue weighted by Gasteiger charge is 2.14. The van der Waals surface area contributed by atoms with Crippen molar-refractivity contribution >= 4 is 23.4 Å². The lowest BCUT2D eigenvalue weighted by Crippen LogP contribution is -2.08. The van der Waals surface area contributed by atoms with Crippen molar-refractivity contribution in [2.24, 2.45) is 0 Å². The molecule has 1 aromatic heterocycles. The fourth-order valence-electron chi connectivity index (χ4n) is 1.68. The zero-order chi connectivity index (χ0) is 13.7. The fourth-order valence-corrected chi connectivity index (χ4v) is 2.30. The van der Waals surface area contributed by atoms with E-state index in [-0.39, 0.29) is 0 Å². The van der Waals surface area contributed by atoms with E-state index in [1.165, 1.54) is 11.8 Å². The molecule has 0 unspecified atom stereocenters. The molecule has 0 bridgehead atoms. The first-order valence-corrected chi connectivity index (χ1v) is 6.85. The Kier molecular flexibility index (Phi) is 4.35. The van der Waals surface area contributed by atoms with Crippen LogP contribution in [0.2, 0.25) is 0 Å². The quantitative estimate of drug-likeness (QED) is 0.817. The van der Waals surface area contributed by atoms with Gasteiger partial charge in [0.2, 0.25) is 0 Å². The third-order valence-corrected chi connectivity index (χ3v) is 3.33. The van der Waals surface area contributed by atoms with Gasteiger partial charge in [0.05, 0.1) is 23.5 Å². The van der Waals surface area contributed by atoms with Crippen LogP contribution < -0.4 is 5.32 Å². The Bertz CT molecular complexity index is 575. The van der Waals surface area contributed by atoms with Gasteiger partial charge in [0.15, 0.2) is 0 Å². The van der Waals surface area contributed by atoms with Crippen molar-refractivity contribution in [1.29, 1.82) is 0 Å². The van der Waals surface area contributed by atoms with Crippen LogP contribution in [0, 0.1) is 0 Å². The molecule has 0 fully saturated rings. The SMILES string of the molecule is CSc1cccc(NCc2cccnn2)c1C(=O)O. The van der Waals surface area contributed by atoms with E-state index in [0.29, 0.717) is 17.8 Å². The van der Waals surface area contributed by atoms with Gasteiger partial charge in [-0.15, -0.1) is 11.8 Å². The smallest absolute Gasteiger partial charge is 0.338 e. The van der Waals surface area contributed by atoms with Crippen LogP contribution in [0.3, 0.4) is 0 Å². The summed E-state index contributed by atoms with van der Waals surface area (Å²) in [5.41, 5.74) is 1.64. The van der Waals surface area contributed by atoms with E-state index in [0.717, 1.165) is 10.6 Å². The molecule has 1 heterocycles. The van der Waals surface area contributed by atoms with Gasteiger partial charge in [-0.05, 0) is 30.5 Å². The molecule has 0 radical (unpaired) electrons. The Labute approximate surface area is 115 Å². The molecule has 0 spiro atoms. The lowest BCUT2D eigenvalue weighted by Gasteiger charge is -2.11. The number of thioether (sulfide) groups is 1. The van der Waals surface area contributed by atoms with Crippen molar-refractivity contribution in [2.75, 3.05) is 11.6 Å². The highest BCUT2D eigenvalue weighted by atomic mass is 32.2. The van der Waals surface area contributed by atoms with Crippen LogP contribution in [-0.2, 0) is 6.54 Å². The predicted octanol–water partition coefficient (Wildman–Crippen LogP) is 2.51. The van der Waals surface area contributed by atoms with Gasteiger partial charge in [0.1, 0.15) is 0 Å². The van der Waals surface area contributed by atoms with Crippen molar-refractivity contribution < 1.29 is 9.90 Å². The summed E-state index contributed by atoms with van der Waals surface area (Å²) in [6.07, 6.45) is 3.45. The molecular formula is C13H13N3O2S. The zero-order valence-corrected chi connectivity index (χ0v) is 11.1. The third kappa shape index (κ3) is 3.23. The van der Waals surface area contributed by atoms with Crippen LogP contribution >= 0.6 is 11.8 Å². The zero-order valence-electron chi connectivity index (χ0n) is 10.3. The molecule has 2 N–H and O–H groups in total. The van der Waals surface area contributed by atoms with Crippen LogP contribution in [0.15, 0.2) is 41.4 Å². The fraction of sp³-hybridized carbons (Fsp3) is 0.154. The number of anilines is 1. The maximum atomic E-state index is 11.3. The monoisotopic (exact) mass is 275 g/mol. The van der Waals surface area contributed by atoms with Gasteiger partial charge in [-0.2, -0.15) is 10.2 Å². The Balaban J connectivity index is 2.23. The largest absolute Gasteiger partial charge is 0.478 e. The highest BCUT2D eigenvalue weighted by Crippen LogP contribution is 2.27. The van der Waals surface area contributed by atoms with Crippen molar-refractivity contribution in [3.63, 3.8) is 0 Å². The Morgan fingerprint density at radius 3 is 2.84 bits per heavy atom. The number of benzene rings is 1. The summed E-state index contributed by atoms with van der Waals surface area (Å²) < 4.78 is 0. The van der Waals surface area contributed by atoms with Crippen molar-refractivity contribution in [1.82, 2.24) is 10.2 Å². The standard InChI is InChI=1S/C13H13N3O2S/c1-19-11-6-2-5-10(12(11)13(17)18)14-8-9-4-3-7-15-16-9/h2-7,14H,8H2,1H3,(H,17,18). The van der Waals surface area contributed by atoms with Crippen LogP contribution in [-0.4, -0.2) is 27.5 Å². The van der Waals surface area contributed by atoms with E-state index >= 15 is 0 Å². The molecule has 98 valence electrons.